The van der Waals surface area contributed by atoms with Gasteiger partial charge in [-0.1, -0.05) is 29.8 Å². The maximum Gasteiger partial charge on any atom is 0.258 e. The van der Waals surface area contributed by atoms with Crippen LogP contribution in [-0.4, -0.2) is 5.91 Å². The van der Waals surface area contributed by atoms with Crippen molar-refractivity contribution in [3.05, 3.63) is 58.7 Å². The van der Waals surface area contributed by atoms with E-state index < -0.39 is 0 Å². The average molecular weight is 254 g/mol. The number of anilines is 2. The van der Waals surface area contributed by atoms with E-state index in [9.17, 15) is 4.79 Å². The van der Waals surface area contributed by atoms with Crippen LogP contribution in [0, 0.1) is 20.8 Å². The monoisotopic (exact) mass is 254 g/mol. The van der Waals surface area contributed by atoms with Gasteiger partial charge in [-0.25, -0.2) is 0 Å². The molecule has 0 atom stereocenters. The third kappa shape index (κ3) is 2.76. The van der Waals surface area contributed by atoms with Gasteiger partial charge >= 0.3 is 0 Å². The lowest BCUT2D eigenvalue weighted by Gasteiger charge is -2.12. The van der Waals surface area contributed by atoms with Crippen LogP contribution in [0.1, 0.15) is 27.0 Å². The second kappa shape index (κ2) is 5.14. The Labute approximate surface area is 113 Å². The topological polar surface area (TPSA) is 55.1 Å². The minimum Gasteiger partial charge on any atom is -0.398 e. The lowest BCUT2D eigenvalue weighted by atomic mass is 10.1. The quantitative estimate of drug-likeness (QED) is 0.806. The molecule has 0 unspecified atom stereocenters. The molecule has 0 saturated carbocycles. The van der Waals surface area contributed by atoms with Crippen LogP contribution in [0.15, 0.2) is 36.4 Å². The summed E-state index contributed by atoms with van der Waals surface area (Å²) in [5, 5.41) is 2.92. The van der Waals surface area contributed by atoms with E-state index in [-0.39, 0.29) is 5.91 Å². The Bertz CT molecular complexity index is 612. The molecule has 19 heavy (non-hydrogen) atoms. The SMILES string of the molecule is Cc1ccc(NC(=O)c2c(C)cccc2N)c(C)c1. The highest BCUT2D eigenvalue weighted by Crippen LogP contribution is 2.21. The van der Waals surface area contributed by atoms with Crippen LogP contribution in [-0.2, 0) is 0 Å². The summed E-state index contributed by atoms with van der Waals surface area (Å²) < 4.78 is 0. The van der Waals surface area contributed by atoms with E-state index in [1.54, 1.807) is 6.07 Å². The highest BCUT2D eigenvalue weighted by atomic mass is 16.1. The van der Waals surface area contributed by atoms with Gasteiger partial charge in [-0.15, -0.1) is 0 Å². The molecule has 2 aromatic carbocycles. The van der Waals surface area contributed by atoms with Gasteiger partial charge < -0.3 is 11.1 Å². The summed E-state index contributed by atoms with van der Waals surface area (Å²) in [5.74, 6) is -0.164. The summed E-state index contributed by atoms with van der Waals surface area (Å²) >= 11 is 0. The molecule has 0 spiro atoms. The number of carbonyl (C=O) groups excluding carboxylic acids is 1. The summed E-state index contributed by atoms with van der Waals surface area (Å²) in [6.45, 7) is 5.88. The summed E-state index contributed by atoms with van der Waals surface area (Å²) in [7, 11) is 0. The predicted molar refractivity (Wildman–Crippen MR) is 79.5 cm³/mol. The van der Waals surface area contributed by atoms with Gasteiger partial charge in [0, 0.05) is 11.4 Å². The van der Waals surface area contributed by atoms with Gasteiger partial charge in [0.15, 0.2) is 0 Å². The average Bonchev–Trinajstić information content (AvgIpc) is 2.32. The molecule has 0 aliphatic carbocycles. The number of nitrogens with one attached hydrogen (secondary N) is 1. The van der Waals surface area contributed by atoms with Gasteiger partial charge in [0.2, 0.25) is 0 Å². The molecule has 3 heteroatoms. The maximum atomic E-state index is 12.3. The van der Waals surface area contributed by atoms with Crippen LogP contribution < -0.4 is 11.1 Å². The van der Waals surface area contributed by atoms with Crippen LogP contribution in [0.25, 0.3) is 0 Å². The number of nitrogen functional groups attached to an aromatic ring is 1. The van der Waals surface area contributed by atoms with E-state index in [2.05, 4.69) is 5.32 Å². The molecule has 1 amide bonds. The van der Waals surface area contributed by atoms with Crippen molar-refractivity contribution in [2.24, 2.45) is 0 Å². The minimum absolute atomic E-state index is 0.164. The van der Waals surface area contributed by atoms with Gasteiger partial charge in [-0.2, -0.15) is 0 Å². The normalized spacial score (nSPS) is 10.3. The largest absolute Gasteiger partial charge is 0.398 e. The van der Waals surface area contributed by atoms with Crippen molar-refractivity contribution in [2.75, 3.05) is 11.1 Å². The molecular weight excluding hydrogens is 236 g/mol. The molecule has 0 radical (unpaired) electrons. The Morgan fingerprint density at radius 3 is 2.42 bits per heavy atom. The van der Waals surface area contributed by atoms with E-state index in [0.29, 0.717) is 11.3 Å². The van der Waals surface area contributed by atoms with Crippen LogP contribution in [0.5, 0.6) is 0 Å². The molecule has 3 N–H and O–H groups in total. The van der Waals surface area contributed by atoms with E-state index in [1.165, 1.54) is 5.56 Å². The second-order valence-corrected chi connectivity index (χ2v) is 4.81. The first-order chi connectivity index (χ1) is 8.99. The predicted octanol–water partition coefficient (Wildman–Crippen LogP) is 3.45. The molecule has 0 aromatic heterocycles. The van der Waals surface area contributed by atoms with Crippen molar-refractivity contribution >= 4 is 17.3 Å². The highest BCUT2D eigenvalue weighted by Gasteiger charge is 2.13. The van der Waals surface area contributed by atoms with E-state index in [4.69, 9.17) is 5.73 Å². The first kappa shape index (κ1) is 13.1. The Morgan fingerprint density at radius 1 is 1.05 bits per heavy atom. The number of aryl methyl sites for hydroxylation is 3. The molecule has 2 aromatic rings. The number of nitrogens with two attached hydrogens (primary N) is 1. The Morgan fingerprint density at radius 2 is 1.79 bits per heavy atom. The maximum absolute atomic E-state index is 12.3. The van der Waals surface area contributed by atoms with E-state index >= 15 is 0 Å². The van der Waals surface area contributed by atoms with Crippen LogP contribution in [0.4, 0.5) is 11.4 Å². The minimum atomic E-state index is -0.164. The molecular formula is C16H18N2O. The standard InChI is InChI=1S/C16H18N2O/c1-10-7-8-14(12(3)9-10)18-16(19)15-11(2)5-4-6-13(15)17/h4-9H,17H2,1-3H3,(H,18,19). The van der Waals surface area contributed by atoms with E-state index in [0.717, 1.165) is 16.8 Å². The van der Waals surface area contributed by atoms with Crippen LogP contribution in [0.3, 0.4) is 0 Å². The molecule has 0 aliphatic heterocycles. The third-order valence-electron chi connectivity index (χ3n) is 3.16. The fourth-order valence-electron chi connectivity index (χ4n) is 2.14. The summed E-state index contributed by atoms with van der Waals surface area (Å²) in [6.07, 6.45) is 0. The Hall–Kier alpha value is -2.29. The molecule has 98 valence electrons. The first-order valence-corrected chi connectivity index (χ1v) is 6.22. The lowest BCUT2D eigenvalue weighted by molar-refractivity contribution is 0.102. The number of rotatable bonds is 2. The van der Waals surface area contributed by atoms with E-state index in [1.807, 2.05) is 51.1 Å². The fourth-order valence-corrected chi connectivity index (χ4v) is 2.14. The van der Waals surface area contributed by atoms with Gasteiger partial charge in [-0.05, 0) is 44.0 Å². The van der Waals surface area contributed by atoms with Crippen LogP contribution >= 0.6 is 0 Å². The van der Waals surface area contributed by atoms with Crippen molar-refractivity contribution in [1.82, 2.24) is 0 Å². The summed E-state index contributed by atoms with van der Waals surface area (Å²) in [5.41, 5.74) is 10.8. The number of benzene rings is 2. The Balaban J connectivity index is 2.31. The van der Waals surface area contributed by atoms with Gasteiger partial charge in [0.25, 0.3) is 5.91 Å². The van der Waals surface area contributed by atoms with Gasteiger partial charge in [-0.3, -0.25) is 4.79 Å². The molecule has 0 fully saturated rings. The van der Waals surface area contributed by atoms with Gasteiger partial charge in [0.1, 0.15) is 0 Å². The number of hydrogen-bond acceptors (Lipinski definition) is 2. The molecule has 3 nitrogen and oxygen atoms in total. The third-order valence-corrected chi connectivity index (χ3v) is 3.16. The fraction of sp³-hybridized carbons (Fsp3) is 0.188. The second-order valence-electron chi connectivity index (χ2n) is 4.81. The van der Waals surface area contributed by atoms with Crippen molar-refractivity contribution in [1.29, 1.82) is 0 Å². The molecule has 0 saturated heterocycles. The highest BCUT2D eigenvalue weighted by molar-refractivity contribution is 6.09. The van der Waals surface area contributed by atoms with Crippen LogP contribution in [0.2, 0.25) is 0 Å². The molecule has 0 aliphatic rings. The van der Waals surface area contributed by atoms with Gasteiger partial charge in [0.05, 0.1) is 5.56 Å². The van der Waals surface area contributed by atoms with Crippen molar-refractivity contribution < 1.29 is 4.79 Å². The smallest absolute Gasteiger partial charge is 0.258 e. The zero-order valence-corrected chi connectivity index (χ0v) is 11.4. The number of hydrogen-bond donors (Lipinski definition) is 2. The molecule has 0 bridgehead atoms. The summed E-state index contributed by atoms with van der Waals surface area (Å²) in [6, 6.07) is 11.4. The van der Waals surface area contributed by atoms with Crippen molar-refractivity contribution in [2.45, 2.75) is 20.8 Å². The molecule has 0 heterocycles. The van der Waals surface area contributed by atoms with Crippen molar-refractivity contribution in [3.63, 3.8) is 0 Å². The first-order valence-electron chi connectivity index (χ1n) is 6.22. The zero-order chi connectivity index (χ0) is 14.0. The summed E-state index contributed by atoms with van der Waals surface area (Å²) in [4.78, 5) is 12.3. The molecule has 2 rings (SSSR count). The lowest BCUT2D eigenvalue weighted by Crippen LogP contribution is -2.16. The zero-order valence-electron chi connectivity index (χ0n) is 11.4. The number of carbonyl (C=O) groups is 1. The van der Waals surface area contributed by atoms with Crippen molar-refractivity contribution in [3.8, 4) is 0 Å². The number of amides is 1. The Kier molecular flexibility index (Phi) is 3.56.